The summed E-state index contributed by atoms with van der Waals surface area (Å²) in [6, 6.07) is 5.32. The van der Waals surface area contributed by atoms with Crippen LogP contribution >= 0.6 is 43.5 Å². The third-order valence-electron chi connectivity index (χ3n) is 4.00. The van der Waals surface area contributed by atoms with Gasteiger partial charge in [0.2, 0.25) is 0 Å². The monoisotopic (exact) mass is 545 g/mol. The van der Waals surface area contributed by atoms with Gasteiger partial charge in [-0.1, -0.05) is 0 Å². The molecular weight excluding hydrogens is 529 g/mol. The van der Waals surface area contributed by atoms with Gasteiger partial charge in [-0.3, -0.25) is 14.6 Å². The predicted octanol–water partition coefficient (Wildman–Crippen LogP) is 3.63. The van der Waals surface area contributed by atoms with E-state index < -0.39 is 11.3 Å². The van der Waals surface area contributed by atoms with E-state index in [1.807, 2.05) is 12.1 Å². The molecule has 0 aromatic heterocycles. The minimum Gasteiger partial charge on any atom is -0.510 e. The van der Waals surface area contributed by atoms with Crippen molar-refractivity contribution in [2.24, 2.45) is 4.99 Å². The Morgan fingerprint density at radius 1 is 1.45 bits per heavy atom. The van der Waals surface area contributed by atoms with Crippen molar-refractivity contribution in [3.8, 4) is 11.8 Å². The van der Waals surface area contributed by atoms with Crippen molar-refractivity contribution in [1.82, 2.24) is 5.32 Å². The number of hydrogen-bond acceptors (Lipinski definition) is 6. The zero-order valence-electron chi connectivity index (χ0n) is 15.3. The van der Waals surface area contributed by atoms with Gasteiger partial charge in [0.05, 0.1) is 26.5 Å². The summed E-state index contributed by atoms with van der Waals surface area (Å²) in [5, 5.41) is 19.9. The molecule has 1 aliphatic rings. The highest BCUT2D eigenvalue weighted by atomic mass is 79.9. The number of halogens is 3. The maximum absolute atomic E-state index is 11.7. The van der Waals surface area contributed by atoms with Crippen molar-refractivity contribution in [2.45, 2.75) is 24.6 Å². The number of benzene rings is 1. The normalized spacial score (nSPS) is 16.3. The van der Waals surface area contributed by atoms with Gasteiger partial charge in [-0.05, 0) is 62.4 Å². The first-order valence-electron chi connectivity index (χ1n) is 8.72. The summed E-state index contributed by atoms with van der Waals surface area (Å²) >= 11 is 12.8. The molecule has 0 aliphatic heterocycles. The van der Waals surface area contributed by atoms with Gasteiger partial charge in [0.15, 0.2) is 11.9 Å². The van der Waals surface area contributed by atoms with E-state index in [1.54, 1.807) is 0 Å². The number of ketones is 1. The van der Waals surface area contributed by atoms with Crippen molar-refractivity contribution in [2.75, 3.05) is 19.7 Å². The molecule has 2 N–H and O–H groups in total. The number of Topliss-reactive ketones (excluding diaryl/α,β-unsaturated/α-hetero) is 1. The van der Waals surface area contributed by atoms with Gasteiger partial charge < -0.3 is 15.2 Å². The molecule has 0 unspecified atom stereocenters. The standard InChI is InChI=1S/C19H18Br2ClN3O4/c20-13-6-11(2-4-24-10-12-16(26)8-15(22)18(12)28)7-14(21)19(13)29-5-1-3-25-17(27)9-23/h6-7,10,15,28H,1-5,8H2,(H,25,27)/t15-/m1/s1. The van der Waals surface area contributed by atoms with Crippen molar-refractivity contribution >= 4 is 61.4 Å². The Hall–Kier alpha value is -1.89. The Kier molecular flexibility index (Phi) is 9.14. The molecule has 1 aromatic rings. The molecule has 0 fully saturated rings. The summed E-state index contributed by atoms with van der Waals surface area (Å²) in [6.45, 7) is 1.17. The zero-order chi connectivity index (χ0) is 21.4. The van der Waals surface area contributed by atoms with Gasteiger partial charge in [-0.25, -0.2) is 0 Å². The molecular formula is C19H18Br2ClN3O4. The first kappa shape index (κ1) is 23.4. The van der Waals surface area contributed by atoms with Crippen LogP contribution in [-0.4, -0.2) is 48.1 Å². The summed E-state index contributed by atoms with van der Waals surface area (Å²) in [5.74, 6) is -0.334. The fourth-order valence-corrected chi connectivity index (χ4v) is 4.32. The second-order valence-electron chi connectivity index (χ2n) is 6.14. The van der Waals surface area contributed by atoms with Crippen molar-refractivity contribution < 1.29 is 19.4 Å². The van der Waals surface area contributed by atoms with Gasteiger partial charge in [0, 0.05) is 25.7 Å². The number of nitrogens with one attached hydrogen (secondary N) is 1. The van der Waals surface area contributed by atoms with Crippen LogP contribution in [0.4, 0.5) is 0 Å². The van der Waals surface area contributed by atoms with Gasteiger partial charge in [-0.15, -0.1) is 11.6 Å². The summed E-state index contributed by atoms with van der Waals surface area (Å²) < 4.78 is 7.26. The number of alkyl halides is 1. The molecule has 1 aliphatic carbocycles. The smallest absolute Gasteiger partial charge is 0.322 e. The van der Waals surface area contributed by atoms with Crippen LogP contribution in [0.1, 0.15) is 18.4 Å². The second-order valence-corrected chi connectivity index (χ2v) is 8.37. The molecule has 0 radical (unpaired) electrons. The highest BCUT2D eigenvalue weighted by molar-refractivity contribution is 9.11. The van der Waals surface area contributed by atoms with Crippen LogP contribution in [-0.2, 0) is 16.0 Å². The maximum Gasteiger partial charge on any atom is 0.322 e. The Morgan fingerprint density at radius 2 is 2.14 bits per heavy atom. The Labute approximate surface area is 190 Å². The van der Waals surface area contributed by atoms with E-state index in [9.17, 15) is 14.7 Å². The predicted molar refractivity (Wildman–Crippen MR) is 117 cm³/mol. The lowest BCUT2D eigenvalue weighted by atomic mass is 10.1. The topological polar surface area (TPSA) is 112 Å². The van der Waals surface area contributed by atoms with E-state index in [1.165, 1.54) is 12.3 Å². The lowest BCUT2D eigenvalue weighted by Gasteiger charge is -2.12. The number of carbonyl (C=O) groups is 2. The molecule has 0 spiro atoms. The molecule has 29 heavy (non-hydrogen) atoms. The largest absolute Gasteiger partial charge is 0.510 e. The van der Waals surface area contributed by atoms with Crippen molar-refractivity contribution in [3.05, 3.63) is 38.0 Å². The van der Waals surface area contributed by atoms with Crippen molar-refractivity contribution in [1.29, 1.82) is 5.26 Å². The summed E-state index contributed by atoms with van der Waals surface area (Å²) in [6.07, 6.45) is 2.67. The number of hydrogen-bond donors (Lipinski definition) is 2. The number of ether oxygens (including phenoxy) is 1. The number of rotatable bonds is 9. The van der Waals surface area contributed by atoms with Crippen LogP contribution in [0.5, 0.6) is 5.75 Å². The average Bonchev–Trinajstić information content (AvgIpc) is 2.92. The number of nitrogens with zero attached hydrogens (tertiary/aromatic N) is 2. The van der Waals surface area contributed by atoms with E-state index >= 15 is 0 Å². The number of aliphatic imine (C=N–C) groups is 1. The highest BCUT2D eigenvalue weighted by Crippen LogP contribution is 2.35. The third kappa shape index (κ3) is 6.84. The first-order valence-corrected chi connectivity index (χ1v) is 10.7. The van der Waals surface area contributed by atoms with Gasteiger partial charge in [0.25, 0.3) is 0 Å². The molecule has 0 saturated heterocycles. The molecule has 0 bridgehead atoms. The number of allylic oxidation sites excluding steroid dienone is 2. The molecule has 0 heterocycles. The Morgan fingerprint density at radius 3 is 2.72 bits per heavy atom. The van der Waals surface area contributed by atoms with Gasteiger partial charge in [-0.2, -0.15) is 5.26 Å². The van der Waals surface area contributed by atoms with E-state index in [-0.39, 0.29) is 23.5 Å². The Balaban J connectivity index is 1.86. The molecule has 2 rings (SSSR count). The van der Waals surface area contributed by atoms with Crippen LogP contribution in [0.15, 0.2) is 37.4 Å². The lowest BCUT2D eigenvalue weighted by Crippen LogP contribution is -2.23. The summed E-state index contributed by atoms with van der Waals surface area (Å²) in [4.78, 5) is 26.8. The Bertz CT molecular complexity index is 873. The molecule has 10 heteroatoms. The third-order valence-corrected chi connectivity index (χ3v) is 5.54. The van der Waals surface area contributed by atoms with Crippen LogP contribution in [0.3, 0.4) is 0 Å². The molecule has 1 atom stereocenters. The minimum atomic E-state index is -0.661. The summed E-state index contributed by atoms with van der Waals surface area (Å²) in [5.41, 5.74) is 1.18. The molecule has 154 valence electrons. The van der Waals surface area contributed by atoms with Crippen LogP contribution in [0.2, 0.25) is 0 Å². The molecule has 7 nitrogen and oxygen atoms in total. The fourth-order valence-electron chi connectivity index (χ4n) is 2.55. The summed E-state index contributed by atoms with van der Waals surface area (Å²) in [7, 11) is 0. The van der Waals surface area contributed by atoms with E-state index in [4.69, 9.17) is 21.6 Å². The second kappa shape index (κ2) is 11.3. The zero-order valence-corrected chi connectivity index (χ0v) is 19.2. The quantitative estimate of drug-likeness (QED) is 0.212. The number of nitriles is 1. The average molecular weight is 548 g/mol. The van der Waals surface area contributed by atoms with E-state index in [0.717, 1.165) is 14.5 Å². The minimum absolute atomic E-state index is 0.0980. The number of carbonyl (C=O) groups excluding carboxylic acids is 2. The molecule has 1 aromatic carbocycles. The SMILES string of the molecule is N#CC(=O)NCCCOc1c(Br)cc(CCN=CC2=C(O)[C@H](Cl)CC2=O)cc1Br. The first-order chi connectivity index (χ1) is 13.8. The highest BCUT2D eigenvalue weighted by Gasteiger charge is 2.29. The van der Waals surface area contributed by atoms with Crippen LogP contribution < -0.4 is 10.1 Å². The molecule has 1 amide bonds. The van der Waals surface area contributed by atoms with Gasteiger partial charge in [0.1, 0.15) is 11.5 Å². The van der Waals surface area contributed by atoms with Crippen LogP contribution in [0.25, 0.3) is 0 Å². The molecule has 0 saturated carbocycles. The lowest BCUT2D eigenvalue weighted by molar-refractivity contribution is -0.116. The van der Waals surface area contributed by atoms with E-state index in [2.05, 4.69) is 42.2 Å². The van der Waals surface area contributed by atoms with Crippen LogP contribution in [0, 0.1) is 11.3 Å². The van der Waals surface area contributed by atoms with E-state index in [0.29, 0.717) is 38.3 Å². The van der Waals surface area contributed by atoms with Crippen molar-refractivity contribution in [3.63, 3.8) is 0 Å². The fraction of sp³-hybridized carbons (Fsp3) is 0.368. The number of aliphatic hydroxyl groups excluding tert-OH is 1. The maximum atomic E-state index is 11.7. The van der Waals surface area contributed by atoms with Gasteiger partial charge >= 0.3 is 5.91 Å². The number of amides is 1. The number of aliphatic hydroxyl groups is 1.